The van der Waals surface area contributed by atoms with E-state index in [0.29, 0.717) is 12.1 Å². The second-order valence-electron chi connectivity index (χ2n) is 4.13. The molecule has 0 saturated carbocycles. The van der Waals surface area contributed by atoms with Gasteiger partial charge in [0.25, 0.3) is 0 Å². The van der Waals surface area contributed by atoms with Crippen LogP contribution in [0.15, 0.2) is 42.5 Å². The van der Waals surface area contributed by atoms with Crippen LogP contribution in [0, 0.1) is 12.7 Å². The number of halogens is 1. The number of methoxy groups -OCH3 is 1. The number of hydrogen-bond donors (Lipinski definition) is 1. The maximum atomic E-state index is 13.1. The number of benzene rings is 2. The summed E-state index contributed by atoms with van der Waals surface area (Å²) in [6, 6.07) is 12.8. The average molecular weight is 245 g/mol. The zero-order valence-corrected chi connectivity index (χ0v) is 10.5. The van der Waals surface area contributed by atoms with E-state index in [2.05, 4.69) is 5.32 Å². The van der Waals surface area contributed by atoms with Gasteiger partial charge in [-0.1, -0.05) is 18.2 Å². The second kappa shape index (κ2) is 5.54. The molecule has 0 aliphatic rings. The fourth-order valence-electron chi connectivity index (χ4n) is 1.80. The molecule has 2 nitrogen and oxygen atoms in total. The molecule has 0 radical (unpaired) electrons. The molecule has 0 aliphatic heterocycles. The molecule has 0 saturated heterocycles. The van der Waals surface area contributed by atoms with Gasteiger partial charge in [0, 0.05) is 17.8 Å². The van der Waals surface area contributed by atoms with E-state index in [0.717, 1.165) is 17.0 Å². The van der Waals surface area contributed by atoms with E-state index in [1.807, 2.05) is 24.3 Å². The van der Waals surface area contributed by atoms with Crippen molar-refractivity contribution in [2.24, 2.45) is 0 Å². The van der Waals surface area contributed by atoms with Gasteiger partial charge in [-0.25, -0.2) is 4.39 Å². The van der Waals surface area contributed by atoms with Crippen molar-refractivity contribution in [3.8, 4) is 5.75 Å². The minimum absolute atomic E-state index is 0.183. The van der Waals surface area contributed by atoms with E-state index in [1.165, 1.54) is 6.07 Å². The third-order valence-electron chi connectivity index (χ3n) is 2.83. The molecule has 94 valence electrons. The lowest BCUT2D eigenvalue weighted by Gasteiger charge is -2.11. The van der Waals surface area contributed by atoms with Crippen LogP contribution >= 0.6 is 0 Å². The summed E-state index contributed by atoms with van der Waals surface area (Å²) in [7, 11) is 1.65. The lowest BCUT2D eigenvalue weighted by molar-refractivity contribution is 0.410. The van der Waals surface area contributed by atoms with Crippen LogP contribution in [-0.2, 0) is 6.54 Å². The highest BCUT2D eigenvalue weighted by molar-refractivity contribution is 5.47. The van der Waals surface area contributed by atoms with Crippen LogP contribution in [0.1, 0.15) is 11.1 Å². The minimum atomic E-state index is -0.183. The molecule has 3 heteroatoms. The van der Waals surface area contributed by atoms with Crippen molar-refractivity contribution >= 4 is 5.69 Å². The summed E-state index contributed by atoms with van der Waals surface area (Å²) in [6.45, 7) is 2.40. The van der Waals surface area contributed by atoms with Crippen LogP contribution in [0.2, 0.25) is 0 Å². The van der Waals surface area contributed by atoms with Gasteiger partial charge in [0.1, 0.15) is 11.6 Å². The molecule has 2 aromatic carbocycles. The number of nitrogens with one attached hydrogen (secondary N) is 1. The Morgan fingerprint density at radius 1 is 1.17 bits per heavy atom. The van der Waals surface area contributed by atoms with Gasteiger partial charge >= 0.3 is 0 Å². The van der Waals surface area contributed by atoms with Gasteiger partial charge in [-0.2, -0.15) is 0 Å². The maximum absolute atomic E-state index is 13.1. The predicted molar refractivity (Wildman–Crippen MR) is 71.5 cm³/mol. The normalized spacial score (nSPS) is 10.2. The van der Waals surface area contributed by atoms with Crippen molar-refractivity contribution in [1.29, 1.82) is 0 Å². The number of aryl methyl sites for hydroxylation is 1. The Hall–Kier alpha value is -2.03. The fraction of sp³-hybridized carbons (Fsp3) is 0.200. The summed E-state index contributed by atoms with van der Waals surface area (Å²) < 4.78 is 18.4. The Morgan fingerprint density at radius 2 is 1.94 bits per heavy atom. The molecule has 18 heavy (non-hydrogen) atoms. The van der Waals surface area contributed by atoms with Crippen molar-refractivity contribution in [2.75, 3.05) is 12.4 Å². The van der Waals surface area contributed by atoms with E-state index in [1.54, 1.807) is 26.2 Å². The second-order valence-corrected chi connectivity index (χ2v) is 4.13. The summed E-state index contributed by atoms with van der Waals surface area (Å²) in [6.07, 6.45) is 0. The molecule has 0 spiro atoms. The van der Waals surface area contributed by atoms with E-state index < -0.39 is 0 Å². The first kappa shape index (κ1) is 12.4. The Kier molecular flexibility index (Phi) is 3.82. The van der Waals surface area contributed by atoms with Gasteiger partial charge in [-0.05, 0) is 36.8 Å². The number of anilines is 1. The van der Waals surface area contributed by atoms with Gasteiger partial charge in [0.2, 0.25) is 0 Å². The summed E-state index contributed by atoms with van der Waals surface area (Å²) in [4.78, 5) is 0. The quantitative estimate of drug-likeness (QED) is 0.885. The van der Waals surface area contributed by atoms with E-state index in [4.69, 9.17) is 4.74 Å². The molecule has 0 unspecified atom stereocenters. The molecule has 0 atom stereocenters. The molecule has 0 fully saturated rings. The third kappa shape index (κ3) is 2.80. The topological polar surface area (TPSA) is 21.3 Å². The van der Waals surface area contributed by atoms with E-state index in [-0.39, 0.29) is 5.82 Å². The summed E-state index contributed by atoms with van der Waals surface area (Å²) in [5, 5.41) is 3.26. The lowest BCUT2D eigenvalue weighted by Crippen LogP contribution is -2.02. The Balaban J connectivity index is 2.09. The molecular formula is C15H16FNO. The summed E-state index contributed by atoms with van der Waals surface area (Å²) in [5.41, 5.74) is 2.61. The average Bonchev–Trinajstić information content (AvgIpc) is 2.40. The van der Waals surface area contributed by atoms with Crippen LogP contribution in [0.25, 0.3) is 0 Å². The van der Waals surface area contributed by atoms with Gasteiger partial charge in [-0.15, -0.1) is 0 Å². The number of ether oxygens (including phenoxy) is 1. The van der Waals surface area contributed by atoms with Crippen molar-refractivity contribution in [1.82, 2.24) is 0 Å². The Morgan fingerprint density at radius 3 is 2.67 bits per heavy atom. The maximum Gasteiger partial charge on any atom is 0.126 e. The van der Waals surface area contributed by atoms with Crippen molar-refractivity contribution in [2.45, 2.75) is 13.5 Å². The molecule has 0 heterocycles. The smallest absolute Gasteiger partial charge is 0.126 e. The third-order valence-corrected chi connectivity index (χ3v) is 2.83. The highest BCUT2D eigenvalue weighted by atomic mass is 19.1. The molecule has 0 aliphatic carbocycles. The largest absolute Gasteiger partial charge is 0.496 e. The minimum Gasteiger partial charge on any atom is -0.496 e. The van der Waals surface area contributed by atoms with Crippen molar-refractivity contribution in [3.05, 3.63) is 59.4 Å². The van der Waals surface area contributed by atoms with Gasteiger partial charge < -0.3 is 10.1 Å². The van der Waals surface area contributed by atoms with Gasteiger partial charge in [0.15, 0.2) is 0 Å². The lowest BCUT2D eigenvalue weighted by atomic mass is 10.1. The zero-order valence-electron chi connectivity index (χ0n) is 10.5. The number of para-hydroxylation sites is 1. The van der Waals surface area contributed by atoms with Crippen LogP contribution in [0.5, 0.6) is 5.75 Å². The van der Waals surface area contributed by atoms with E-state index in [9.17, 15) is 4.39 Å². The molecule has 0 aromatic heterocycles. The first-order valence-electron chi connectivity index (χ1n) is 5.82. The van der Waals surface area contributed by atoms with Crippen LogP contribution in [0.4, 0.5) is 10.1 Å². The first-order valence-corrected chi connectivity index (χ1v) is 5.82. The molecule has 0 amide bonds. The zero-order chi connectivity index (χ0) is 13.0. The SMILES string of the molecule is COc1ccccc1CNc1ccc(F)c(C)c1. The van der Waals surface area contributed by atoms with Crippen LogP contribution in [-0.4, -0.2) is 7.11 Å². The highest BCUT2D eigenvalue weighted by Gasteiger charge is 2.02. The molecular weight excluding hydrogens is 229 g/mol. The Bertz CT molecular complexity index is 540. The van der Waals surface area contributed by atoms with Crippen LogP contribution in [0.3, 0.4) is 0 Å². The van der Waals surface area contributed by atoms with Gasteiger partial charge in [-0.3, -0.25) is 0 Å². The molecule has 2 aromatic rings. The fourth-order valence-corrected chi connectivity index (χ4v) is 1.80. The predicted octanol–water partition coefficient (Wildman–Crippen LogP) is 3.75. The summed E-state index contributed by atoms with van der Waals surface area (Å²) in [5.74, 6) is 0.668. The first-order chi connectivity index (χ1) is 8.70. The molecule has 0 bridgehead atoms. The van der Waals surface area contributed by atoms with E-state index >= 15 is 0 Å². The van der Waals surface area contributed by atoms with Gasteiger partial charge in [0.05, 0.1) is 7.11 Å². The summed E-state index contributed by atoms with van der Waals surface area (Å²) >= 11 is 0. The van der Waals surface area contributed by atoms with Crippen LogP contribution < -0.4 is 10.1 Å². The molecule has 2 rings (SSSR count). The molecule has 1 N–H and O–H groups in total. The highest BCUT2D eigenvalue weighted by Crippen LogP contribution is 2.20. The Labute approximate surface area is 106 Å². The van der Waals surface area contributed by atoms with Crippen molar-refractivity contribution < 1.29 is 9.13 Å². The number of rotatable bonds is 4. The standard InChI is InChI=1S/C15H16FNO/c1-11-9-13(7-8-14(11)16)17-10-12-5-3-4-6-15(12)18-2/h3-9,17H,10H2,1-2H3. The monoisotopic (exact) mass is 245 g/mol. The number of hydrogen-bond acceptors (Lipinski definition) is 2. The van der Waals surface area contributed by atoms with Crippen molar-refractivity contribution in [3.63, 3.8) is 0 Å².